The molecule has 5 nitrogen and oxygen atoms in total. The van der Waals surface area contributed by atoms with Gasteiger partial charge in [0.1, 0.15) is 12.4 Å². The van der Waals surface area contributed by atoms with E-state index < -0.39 is 0 Å². The molecular formula is C16H26IN3O2. The van der Waals surface area contributed by atoms with Gasteiger partial charge in [-0.1, -0.05) is 18.2 Å². The first-order chi connectivity index (χ1) is 10.4. The van der Waals surface area contributed by atoms with Crippen molar-refractivity contribution in [3.8, 4) is 5.75 Å². The predicted molar refractivity (Wildman–Crippen MR) is 100 cm³/mol. The summed E-state index contributed by atoms with van der Waals surface area (Å²) >= 11 is 0. The minimum absolute atomic E-state index is 0. The molecule has 2 rings (SSSR count). The Kier molecular flexibility index (Phi) is 9.98. The molecular weight excluding hydrogens is 393 g/mol. The molecule has 1 aliphatic rings. The smallest absolute Gasteiger partial charge is 0.191 e. The third-order valence-corrected chi connectivity index (χ3v) is 3.23. The van der Waals surface area contributed by atoms with Crippen LogP contribution in [-0.2, 0) is 4.74 Å². The Morgan fingerprint density at radius 3 is 2.82 bits per heavy atom. The van der Waals surface area contributed by atoms with Crippen LogP contribution in [0.15, 0.2) is 35.3 Å². The van der Waals surface area contributed by atoms with Gasteiger partial charge in [-0.25, -0.2) is 0 Å². The summed E-state index contributed by atoms with van der Waals surface area (Å²) in [5.41, 5.74) is 0. The van der Waals surface area contributed by atoms with Crippen LogP contribution >= 0.6 is 24.0 Å². The highest BCUT2D eigenvalue weighted by Crippen LogP contribution is 2.11. The second-order valence-corrected chi connectivity index (χ2v) is 4.94. The van der Waals surface area contributed by atoms with E-state index in [9.17, 15) is 0 Å². The molecule has 1 aromatic rings. The number of aliphatic imine (C=N–C) groups is 1. The molecule has 0 spiro atoms. The molecule has 0 amide bonds. The van der Waals surface area contributed by atoms with Crippen molar-refractivity contribution in [3.63, 3.8) is 0 Å². The number of para-hydroxylation sites is 1. The lowest BCUT2D eigenvalue weighted by Crippen LogP contribution is -2.39. The quantitative estimate of drug-likeness (QED) is 0.309. The molecule has 1 atom stereocenters. The Labute approximate surface area is 149 Å². The van der Waals surface area contributed by atoms with Crippen molar-refractivity contribution < 1.29 is 9.47 Å². The van der Waals surface area contributed by atoms with Gasteiger partial charge in [-0.05, 0) is 31.9 Å². The molecule has 1 aromatic carbocycles. The van der Waals surface area contributed by atoms with Crippen molar-refractivity contribution in [1.82, 2.24) is 10.6 Å². The van der Waals surface area contributed by atoms with Gasteiger partial charge in [0, 0.05) is 13.2 Å². The van der Waals surface area contributed by atoms with Crippen LogP contribution < -0.4 is 15.4 Å². The second kappa shape index (κ2) is 11.5. The Morgan fingerprint density at radius 2 is 2.14 bits per heavy atom. The lowest BCUT2D eigenvalue weighted by Gasteiger charge is -2.13. The average Bonchev–Trinajstić information content (AvgIpc) is 3.03. The minimum Gasteiger partial charge on any atom is -0.492 e. The van der Waals surface area contributed by atoms with Crippen LogP contribution in [0.1, 0.15) is 19.8 Å². The fourth-order valence-corrected chi connectivity index (χ4v) is 2.18. The van der Waals surface area contributed by atoms with Crippen LogP contribution in [0.3, 0.4) is 0 Å². The van der Waals surface area contributed by atoms with E-state index in [4.69, 9.17) is 9.47 Å². The van der Waals surface area contributed by atoms with E-state index in [2.05, 4.69) is 22.5 Å². The maximum absolute atomic E-state index is 5.64. The number of nitrogens with one attached hydrogen (secondary N) is 2. The number of halogens is 1. The van der Waals surface area contributed by atoms with Crippen molar-refractivity contribution in [2.24, 2.45) is 4.99 Å². The van der Waals surface area contributed by atoms with Crippen LogP contribution in [0, 0.1) is 0 Å². The molecule has 2 N–H and O–H groups in total. The van der Waals surface area contributed by atoms with Crippen molar-refractivity contribution in [2.45, 2.75) is 25.9 Å². The van der Waals surface area contributed by atoms with Gasteiger partial charge in [-0.15, -0.1) is 24.0 Å². The summed E-state index contributed by atoms with van der Waals surface area (Å²) in [7, 11) is 0. The fourth-order valence-electron chi connectivity index (χ4n) is 2.18. The number of ether oxygens (including phenoxy) is 2. The van der Waals surface area contributed by atoms with E-state index in [0.29, 0.717) is 13.2 Å². The van der Waals surface area contributed by atoms with Gasteiger partial charge < -0.3 is 20.1 Å². The van der Waals surface area contributed by atoms with Crippen LogP contribution in [0.4, 0.5) is 0 Å². The standard InChI is InChI=1S/C16H25N3O2.HI/c1-2-17-16(19-13-15-9-6-11-20-15)18-10-12-21-14-7-4-3-5-8-14;/h3-5,7-8,15H,2,6,9-13H2,1H3,(H2,17,18,19);1H. The highest BCUT2D eigenvalue weighted by molar-refractivity contribution is 14.0. The Hall–Kier alpha value is -1.02. The van der Waals surface area contributed by atoms with E-state index in [1.165, 1.54) is 0 Å². The zero-order valence-corrected chi connectivity index (χ0v) is 15.4. The van der Waals surface area contributed by atoms with Crippen molar-refractivity contribution in [2.75, 3.05) is 32.8 Å². The molecule has 0 radical (unpaired) electrons. The van der Waals surface area contributed by atoms with Crippen LogP contribution in [-0.4, -0.2) is 44.9 Å². The summed E-state index contributed by atoms with van der Waals surface area (Å²) in [5, 5.41) is 6.51. The summed E-state index contributed by atoms with van der Waals surface area (Å²) in [4.78, 5) is 4.55. The van der Waals surface area contributed by atoms with E-state index in [1.54, 1.807) is 0 Å². The first-order valence-corrected chi connectivity index (χ1v) is 7.70. The summed E-state index contributed by atoms with van der Waals surface area (Å²) in [6, 6.07) is 9.82. The predicted octanol–water partition coefficient (Wildman–Crippen LogP) is 2.42. The molecule has 1 fully saturated rings. The molecule has 0 bridgehead atoms. The average molecular weight is 419 g/mol. The van der Waals surface area contributed by atoms with E-state index >= 15 is 0 Å². The second-order valence-electron chi connectivity index (χ2n) is 4.94. The number of rotatable bonds is 7. The summed E-state index contributed by atoms with van der Waals surface area (Å²) in [6.45, 7) is 5.81. The molecule has 6 heteroatoms. The van der Waals surface area contributed by atoms with Crippen molar-refractivity contribution in [1.29, 1.82) is 0 Å². The number of hydrogen-bond donors (Lipinski definition) is 2. The van der Waals surface area contributed by atoms with E-state index in [0.717, 1.165) is 44.2 Å². The number of guanidine groups is 1. The maximum Gasteiger partial charge on any atom is 0.191 e. The van der Waals surface area contributed by atoms with E-state index in [-0.39, 0.29) is 30.1 Å². The maximum atomic E-state index is 5.64. The summed E-state index contributed by atoms with van der Waals surface area (Å²) in [5.74, 6) is 1.71. The van der Waals surface area contributed by atoms with Crippen LogP contribution in [0.5, 0.6) is 5.75 Å². The monoisotopic (exact) mass is 419 g/mol. The topological polar surface area (TPSA) is 54.9 Å². The van der Waals surface area contributed by atoms with Gasteiger partial charge in [-0.2, -0.15) is 0 Å². The number of hydrogen-bond acceptors (Lipinski definition) is 3. The number of nitrogens with zero attached hydrogens (tertiary/aromatic N) is 1. The van der Waals surface area contributed by atoms with Crippen molar-refractivity contribution >= 4 is 29.9 Å². The third-order valence-electron chi connectivity index (χ3n) is 3.23. The van der Waals surface area contributed by atoms with Gasteiger partial charge >= 0.3 is 0 Å². The highest BCUT2D eigenvalue weighted by atomic mass is 127. The summed E-state index contributed by atoms with van der Waals surface area (Å²) in [6.07, 6.45) is 2.54. The fraction of sp³-hybridized carbons (Fsp3) is 0.562. The minimum atomic E-state index is 0. The van der Waals surface area contributed by atoms with E-state index in [1.807, 2.05) is 30.3 Å². The van der Waals surface area contributed by atoms with Gasteiger partial charge in [0.05, 0.1) is 19.2 Å². The molecule has 1 saturated heterocycles. The first-order valence-electron chi connectivity index (χ1n) is 7.70. The normalized spacial score (nSPS) is 17.7. The van der Waals surface area contributed by atoms with Crippen LogP contribution in [0.2, 0.25) is 0 Å². The Balaban J connectivity index is 0.00000242. The SMILES string of the molecule is CCNC(=NCC1CCCO1)NCCOc1ccccc1.I. The zero-order valence-electron chi connectivity index (χ0n) is 13.1. The van der Waals surface area contributed by atoms with Gasteiger partial charge in [-0.3, -0.25) is 4.99 Å². The molecule has 0 saturated carbocycles. The molecule has 1 aliphatic heterocycles. The lowest BCUT2D eigenvalue weighted by atomic mass is 10.2. The third kappa shape index (κ3) is 7.31. The van der Waals surface area contributed by atoms with Gasteiger partial charge in [0.15, 0.2) is 5.96 Å². The summed E-state index contributed by atoms with van der Waals surface area (Å²) < 4.78 is 11.2. The van der Waals surface area contributed by atoms with Gasteiger partial charge in [0.2, 0.25) is 0 Å². The molecule has 1 unspecified atom stereocenters. The molecule has 0 aromatic heterocycles. The largest absolute Gasteiger partial charge is 0.492 e. The molecule has 124 valence electrons. The Bertz CT molecular complexity index is 423. The molecule has 22 heavy (non-hydrogen) atoms. The highest BCUT2D eigenvalue weighted by Gasteiger charge is 2.14. The zero-order chi connectivity index (χ0) is 14.8. The molecule has 1 heterocycles. The van der Waals surface area contributed by atoms with Crippen molar-refractivity contribution in [3.05, 3.63) is 30.3 Å². The lowest BCUT2D eigenvalue weighted by molar-refractivity contribution is 0.117. The Morgan fingerprint density at radius 1 is 1.32 bits per heavy atom. The van der Waals surface area contributed by atoms with Gasteiger partial charge in [0.25, 0.3) is 0 Å². The molecule has 0 aliphatic carbocycles. The first kappa shape index (κ1) is 19.0. The van der Waals surface area contributed by atoms with Crippen LogP contribution in [0.25, 0.3) is 0 Å². The number of benzene rings is 1.